The average molecular weight is 421 g/mol. The zero-order valence-electron chi connectivity index (χ0n) is 17.0. The Labute approximate surface area is 180 Å². The highest BCUT2D eigenvalue weighted by Gasteiger charge is 2.20. The molecule has 4 aromatic rings. The molecule has 0 saturated carbocycles. The number of amides is 1. The largest absolute Gasteiger partial charge is 0.507 e. The van der Waals surface area contributed by atoms with Crippen LogP contribution in [0.25, 0.3) is 21.8 Å². The summed E-state index contributed by atoms with van der Waals surface area (Å²) in [7, 11) is 0. The summed E-state index contributed by atoms with van der Waals surface area (Å²) in [4.78, 5) is 12.1. The summed E-state index contributed by atoms with van der Waals surface area (Å²) in [6.07, 6.45) is 4.27. The molecule has 30 heavy (non-hydrogen) atoms. The molecule has 0 aliphatic rings. The highest BCUT2D eigenvalue weighted by molar-refractivity contribution is 6.30. The Hall–Kier alpha value is -2.98. The van der Waals surface area contributed by atoms with Gasteiger partial charge in [0.05, 0.1) is 16.4 Å². The van der Waals surface area contributed by atoms with Gasteiger partial charge in [-0.15, -0.1) is 0 Å². The van der Waals surface area contributed by atoms with Crippen LogP contribution in [0.4, 0.5) is 0 Å². The second kappa shape index (κ2) is 8.41. The van der Waals surface area contributed by atoms with Gasteiger partial charge < -0.3 is 15.4 Å². The third kappa shape index (κ3) is 3.75. The van der Waals surface area contributed by atoms with E-state index in [0.717, 1.165) is 47.8 Å². The fourth-order valence-corrected chi connectivity index (χ4v) is 4.42. The number of fused-ring (bicyclic) bond motifs is 3. The van der Waals surface area contributed by atoms with Crippen molar-refractivity contribution in [3.05, 3.63) is 76.3 Å². The first-order valence-corrected chi connectivity index (χ1v) is 10.7. The first-order valence-electron chi connectivity index (χ1n) is 10.3. The fraction of sp³-hybridized carbons (Fsp3) is 0.240. The molecule has 0 aliphatic carbocycles. The van der Waals surface area contributed by atoms with Crippen LogP contribution < -0.4 is 5.73 Å². The maximum absolute atomic E-state index is 12.1. The molecule has 0 bridgehead atoms. The molecule has 1 heterocycles. The van der Waals surface area contributed by atoms with Crippen molar-refractivity contribution in [3.63, 3.8) is 0 Å². The maximum atomic E-state index is 12.1. The van der Waals surface area contributed by atoms with Crippen molar-refractivity contribution in [2.75, 3.05) is 0 Å². The Bertz CT molecular complexity index is 1240. The number of aromatic hydroxyl groups is 1. The van der Waals surface area contributed by atoms with Gasteiger partial charge in [0.15, 0.2) is 0 Å². The topological polar surface area (TPSA) is 68.2 Å². The number of nitrogens with two attached hydrogens (primary N) is 1. The molecule has 5 heteroatoms. The van der Waals surface area contributed by atoms with Crippen molar-refractivity contribution in [3.8, 4) is 5.75 Å². The van der Waals surface area contributed by atoms with E-state index >= 15 is 0 Å². The smallest absolute Gasteiger partial charge is 0.249 e. The van der Waals surface area contributed by atoms with Crippen LogP contribution >= 0.6 is 11.6 Å². The molecule has 4 nitrogen and oxygen atoms in total. The van der Waals surface area contributed by atoms with Gasteiger partial charge in [0.1, 0.15) is 5.75 Å². The third-order valence-corrected chi connectivity index (χ3v) is 5.83. The van der Waals surface area contributed by atoms with E-state index in [1.807, 2.05) is 42.5 Å². The Morgan fingerprint density at radius 1 is 1.00 bits per heavy atom. The number of halogens is 1. The number of hydrogen-bond donors (Lipinski definition) is 2. The summed E-state index contributed by atoms with van der Waals surface area (Å²) in [5.41, 5.74) is 9.97. The predicted octanol–water partition coefficient (Wildman–Crippen LogP) is 6.03. The standard InChI is InChI=1S/C25H25ClN2O2/c1-2-3-4-7-16-13-21-24(22(29)14-16)23-19(25(27)30)10-6-11-20(23)28(21)15-17-8-5-9-18(26)12-17/h5-6,8-14,29H,2-4,7,15H2,1H3,(H2,27,30). The third-order valence-electron chi connectivity index (χ3n) is 5.59. The lowest BCUT2D eigenvalue weighted by atomic mass is 10.0. The van der Waals surface area contributed by atoms with Gasteiger partial charge in [-0.1, -0.05) is 49.6 Å². The van der Waals surface area contributed by atoms with Crippen molar-refractivity contribution < 1.29 is 9.90 Å². The van der Waals surface area contributed by atoms with Gasteiger partial charge >= 0.3 is 0 Å². The van der Waals surface area contributed by atoms with Crippen LogP contribution in [0.2, 0.25) is 5.02 Å². The van der Waals surface area contributed by atoms with E-state index < -0.39 is 5.91 Å². The molecule has 0 unspecified atom stereocenters. The zero-order valence-corrected chi connectivity index (χ0v) is 17.7. The van der Waals surface area contributed by atoms with Gasteiger partial charge in [-0.2, -0.15) is 0 Å². The molecule has 0 fully saturated rings. The van der Waals surface area contributed by atoms with Gasteiger partial charge in [0.25, 0.3) is 0 Å². The lowest BCUT2D eigenvalue weighted by Crippen LogP contribution is -2.11. The highest BCUT2D eigenvalue weighted by Crippen LogP contribution is 2.38. The molecule has 4 rings (SSSR count). The average Bonchev–Trinajstić information content (AvgIpc) is 3.02. The molecule has 0 radical (unpaired) electrons. The Kier molecular flexibility index (Phi) is 5.69. The molecular weight excluding hydrogens is 396 g/mol. The summed E-state index contributed by atoms with van der Waals surface area (Å²) < 4.78 is 2.13. The lowest BCUT2D eigenvalue weighted by molar-refractivity contribution is 0.100. The summed E-state index contributed by atoms with van der Waals surface area (Å²) in [6, 6.07) is 17.2. The number of primary amides is 1. The fourth-order valence-electron chi connectivity index (χ4n) is 4.21. The van der Waals surface area contributed by atoms with Crippen molar-refractivity contribution in [2.24, 2.45) is 5.73 Å². The number of unbranched alkanes of at least 4 members (excludes halogenated alkanes) is 2. The molecule has 3 N–H and O–H groups in total. The molecule has 1 amide bonds. The molecular formula is C25H25ClN2O2. The van der Waals surface area contributed by atoms with Crippen LogP contribution in [-0.4, -0.2) is 15.6 Å². The quantitative estimate of drug-likeness (QED) is 0.358. The van der Waals surface area contributed by atoms with Gasteiger partial charge in [0, 0.05) is 22.5 Å². The number of hydrogen-bond acceptors (Lipinski definition) is 2. The molecule has 154 valence electrons. The van der Waals surface area contributed by atoms with E-state index in [1.165, 1.54) is 0 Å². The Morgan fingerprint density at radius 2 is 1.80 bits per heavy atom. The second-order valence-electron chi connectivity index (χ2n) is 7.75. The number of aryl methyl sites for hydroxylation is 1. The van der Waals surface area contributed by atoms with E-state index in [-0.39, 0.29) is 5.75 Å². The Morgan fingerprint density at radius 3 is 2.53 bits per heavy atom. The maximum Gasteiger partial charge on any atom is 0.249 e. The zero-order chi connectivity index (χ0) is 21.3. The van der Waals surface area contributed by atoms with E-state index in [4.69, 9.17) is 17.3 Å². The first kappa shape index (κ1) is 20.3. The summed E-state index contributed by atoms with van der Waals surface area (Å²) >= 11 is 6.20. The molecule has 0 spiro atoms. The number of nitrogens with zero attached hydrogens (tertiary/aromatic N) is 1. The number of phenolic OH excluding ortho intramolecular Hbond substituents is 1. The number of rotatable bonds is 7. The van der Waals surface area contributed by atoms with Crippen LogP contribution in [-0.2, 0) is 13.0 Å². The molecule has 0 aliphatic heterocycles. The van der Waals surface area contributed by atoms with Gasteiger partial charge in [0.2, 0.25) is 5.91 Å². The van der Waals surface area contributed by atoms with Crippen molar-refractivity contribution in [1.29, 1.82) is 0 Å². The van der Waals surface area contributed by atoms with E-state index in [1.54, 1.807) is 6.07 Å². The van der Waals surface area contributed by atoms with Crippen molar-refractivity contribution in [1.82, 2.24) is 4.57 Å². The van der Waals surface area contributed by atoms with Gasteiger partial charge in [-0.3, -0.25) is 4.79 Å². The van der Waals surface area contributed by atoms with Crippen LogP contribution in [0.3, 0.4) is 0 Å². The highest BCUT2D eigenvalue weighted by atomic mass is 35.5. The molecule has 3 aromatic carbocycles. The normalized spacial score (nSPS) is 11.4. The van der Waals surface area contributed by atoms with Crippen LogP contribution in [0, 0.1) is 0 Å². The van der Waals surface area contributed by atoms with Crippen LogP contribution in [0.1, 0.15) is 47.7 Å². The minimum Gasteiger partial charge on any atom is -0.507 e. The van der Waals surface area contributed by atoms with E-state index in [2.05, 4.69) is 17.6 Å². The van der Waals surface area contributed by atoms with E-state index in [9.17, 15) is 9.90 Å². The number of aromatic nitrogens is 1. The minimum absolute atomic E-state index is 0.183. The lowest BCUT2D eigenvalue weighted by Gasteiger charge is -2.10. The van der Waals surface area contributed by atoms with E-state index in [0.29, 0.717) is 27.9 Å². The summed E-state index contributed by atoms with van der Waals surface area (Å²) in [5, 5.41) is 13.0. The number of carbonyl (C=O) groups is 1. The van der Waals surface area contributed by atoms with Crippen LogP contribution in [0.15, 0.2) is 54.6 Å². The van der Waals surface area contributed by atoms with Crippen LogP contribution in [0.5, 0.6) is 5.75 Å². The molecule has 0 saturated heterocycles. The monoisotopic (exact) mass is 420 g/mol. The number of benzene rings is 3. The predicted molar refractivity (Wildman–Crippen MR) is 123 cm³/mol. The first-order chi connectivity index (χ1) is 14.5. The molecule has 0 atom stereocenters. The SMILES string of the molecule is CCCCCc1cc(O)c2c3c(C(N)=O)cccc3n(Cc3cccc(Cl)c3)c2c1. The molecule has 1 aromatic heterocycles. The number of carbonyl (C=O) groups excluding carboxylic acids is 1. The van der Waals surface area contributed by atoms with Crippen molar-refractivity contribution in [2.45, 2.75) is 39.2 Å². The second-order valence-corrected chi connectivity index (χ2v) is 8.18. The van der Waals surface area contributed by atoms with Crippen molar-refractivity contribution >= 4 is 39.3 Å². The summed E-state index contributed by atoms with van der Waals surface area (Å²) in [6.45, 7) is 2.75. The Balaban J connectivity index is 1.98. The van der Waals surface area contributed by atoms with Gasteiger partial charge in [-0.25, -0.2) is 0 Å². The minimum atomic E-state index is -0.506. The summed E-state index contributed by atoms with van der Waals surface area (Å²) in [5.74, 6) is -0.323. The number of phenols is 1. The van der Waals surface area contributed by atoms with Gasteiger partial charge in [-0.05, 0) is 60.4 Å².